The zero-order valence-electron chi connectivity index (χ0n) is 12.2. The number of hydrogen-bond acceptors (Lipinski definition) is 4. The fraction of sp³-hybridized carbons (Fsp3) is 0.0625. The average Bonchev–Trinajstić information content (AvgIpc) is 2.52. The molecule has 1 heterocycles. The molecule has 0 amide bonds. The predicted molar refractivity (Wildman–Crippen MR) is 79.5 cm³/mol. The highest BCUT2D eigenvalue weighted by Crippen LogP contribution is 2.35. The van der Waals surface area contributed by atoms with E-state index in [1.807, 2.05) is 0 Å². The van der Waals surface area contributed by atoms with Crippen LogP contribution in [0.3, 0.4) is 0 Å². The summed E-state index contributed by atoms with van der Waals surface area (Å²) < 4.78 is 46.0. The Hall–Kier alpha value is -3.16. The van der Waals surface area contributed by atoms with Crippen LogP contribution in [0.25, 0.3) is 10.9 Å². The Morgan fingerprint density at radius 1 is 1.08 bits per heavy atom. The maximum absolute atomic E-state index is 13.7. The van der Waals surface area contributed by atoms with Gasteiger partial charge in [-0.15, -0.1) is 0 Å². The number of benzene rings is 2. The molecule has 122 valence electrons. The smallest absolute Gasteiger partial charge is 0.346 e. The molecule has 8 heteroatoms. The van der Waals surface area contributed by atoms with E-state index in [2.05, 4.69) is 4.98 Å². The molecular formula is C16H9F3N2O3. The molecule has 0 radical (unpaired) electrons. The van der Waals surface area contributed by atoms with Gasteiger partial charge < -0.3 is 4.74 Å². The summed E-state index contributed by atoms with van der Waals surface area (Å²) in [7, 11) is 0. The number of nitro groups is 1. The Labute approximate surface area is 133 Å². The highest BCUT2D eigenvalue weighted by molar-refractivity contribution is 5.81. The van der Waals surface area contributed by atoms with E-state index in [1.54, 1.807) is 0 Å². The number of aryl methyl sites for hydroxylation is 1. The Morgan fingerprint density at radius 3 is 2.54 bits per heavy atom. The van der Waals surface area contributed by atoms with E-state index in [0.717, 1.165) is 12.1 Å². The van der Waals surface area contributed by atoms with Gasteiger partial charge in [0, 0.05) is 5.39 Å². The second kappa shape index (κ2) is 5.80. The molecular weight excluding hydrogens is 325 g/mol. The zero-order chi connectivity index (χ0) is 17.4. The summed E-state index contributed by atoms with van der Waals surface area (Å²) in [4.78, 5) is 14.0. The van der Waals surface area contributed by atoms with Gasteiger partial charge in [0.1, 0.15) is 11.3 Å². The number of nitro benzene ring substituents is 1. The van der Waals surface area contributed by atoms with Crippen molar-refractivity contribution < 1.29 is 22.8 Å². The van der Waals surface area contributed by atoms with Gasteiger partial charge >= 0.3 is 5.69 Å². The van der Waals surface area contributed by atoms with Gasteiger partial charge in [0.05, 0.1) is 10.6 Å². The van der Waals surface area contributed by atoms with Gasteiger partial charge in [-0.25, -0.2) is 13.8 Å². The lowest BCUT2D eigenvalue weighted by molar-refractivity contribution is -0.388. The molecule has 0 saturated heterocycles. The third-order valence-electron chi connectivity index (χ3n) is 3.38. The molecule has 1 aromatic heterocycles. The number of hydrogen-bond donors (Lipinski definition) is 0. The van der Waals surface area contributed by atoms with Crippen LogP contribution in [0.5, 0.6) is 11.5 Å². The van der Waals surface area contributed by atoms with Crippen LogP contribution in [0.2, 0.25) is 0 Å². The summed E-state index contributed by atoms with van der Waals surface area (Å²) >= 11 is 0. The first-order valence-electron chi connectivity index (χ1n) is 6.74. The van der Waals surface area contributed by atoms with Gasteiger partial charge in [-0.3, -0.25) is 10.1 Å². The summed E-state index contributed by atoms with van der Waals surface area (Å²) in [6, 6.07) is 7.02. The highest BCUT2D eigenvalue weighted by atomic mass is 19.2. The van der Waals surface area contributed by atoms with Crippen molar-refractivity contribution in [3.05, 3.63) is 69.7 Å². The summed E-state index contributed by atoms with van der Waals surface area (Å²) in [5.41, 5.74) is -0.832. The lowest BCUT2D eigenvalue weighted by Gasteiger charge is -2.10. The minimum atomic E-state index is -1.10. The standard InChI is InChI=1S/C16H9F3N2O3/c1-8-13(7-9-5-6-10(17)14(19)15(9)20-8)24-12-4-2-3-11(18)16(12)21(22)23/h2-7H,1H3. The van der Waals surface area contributed by atoms with Gasteiger partial charge in [0.15, 0.2) is 11.6 Å². The monoisotopic (exact) mass is 334 g/mol. The largest absolute Gasteiger partial charge is 0.448 e. The first-order valence-corrected chi connectivity index (χ1v) is 6.74. The molecule has 0 unspecified atom stereocenters. The third kappa shape index (κ3) is 2.62. The number of fused-ring (bicyclic) bond motifs is 1. The van der Waals surface area contributed by atoms with Gasteiger partial charge in [0.25, 0.3) is 0 Å². The van der Waals surface area contributed by atoms with Crippen molar-refractivity contribution in [3.63, 3.8) is 0 Å². The van der Waals surface area contributed by atoms with Crippen LogP contribution in [0.4, 0.5) is 18.9 Å². The Bertz CT molecular complexity index is 976. The van der Waals surface area contributed by atoms with E-state index in [0.29, 0.717) is 0 Å². The van der Waals surface area contributed by atoms with E-state index in [1.165, 1.54) is 31.2 Å². The van der Waals surface area contributed by atoms with Crippen LogP contribution in [0, 0.1) is 34.5 Å². The van der Waals surface area contributed by atoms with Crippen LogP contribution in [-0.2, 0) is 0 Å². The number of para-hydroxylation sites is 1. The molecule has 0 saturated carbocycles. The van der Waals surface area contributed by atoms with E-state index in [9.17, 15) is 23.3 Å². The lowest BCUT2D eigenvalue weighted by atomic mass is 10.2. The molecule has 2 aromatic carbocycles. The second-order valence-electron chi connectivity index (χ2n) is 4.95. The number of halogens is 3. The zero-order valence-corrected chi connectivity index (χ0v) is 12.2. The molecule has 5 nitrogen and oxygen atoms in total. The van der Waals surface area contributed by atoms with Crippen LogP contribution in [0.1, 0.15) is 5.69 Å². The van der Waals surface area contributed by atoms with Crippen molar-refractivity contribution in [1.82, 2.24) is 4.98 Å². The maximum atomic E-state index is 13.7. The molecule has 0 aliphatic rings. The molecule has 0 fully saturated rings. The van der Waals surface area contributed by atoms with E-state index in [-0.39, 0.29) is 28.1 Å². The second-order valence-corrected chi connectivity index (χ2v) is 4.95. The highest BCUT2D eigenvalue weighted by Gasteiger charge is 2.22. The van der Waals surface area contributed by atoms with Crippen molar-refractivity contribution in [2.24, 2.45) is 0 Å². The normalized spacial score (nSPS) is 10.8. The number of rotatable bonds is 3. The minimum Gasteiger partial charge on any atom is -0.448 e. The van der Waals surface area contributed by atoms with Gasteiger partial charge in [-0.05, 0) is 37.3 Å². The van der Waals surface area contributed by atoms with E-state index in [4.69, 9.17) is 4.74 Å². The van der Waals surface area contributed by atoms with Crippen LogP contribution >= 0.6 is 0 Å². The maximum Gasteiger partial charge on any atom is 0.346 e. The molecule has 0 aliphatic carbocycles. The molecule has 0 spiro atoms. The minimum absolute atomic E-state index is 0.0715. The van der Waals surface area contributed by atoms with Crippen LogP contribution in [0.15, 0.2) is 36.4 Å². The molecule has 0 N–H and O–H groups in total. The van der Waals surface area contributed by atoms with E-state index >= 15 is 0 Å². The number of pyridine rings is 1. The van der Waals surface area contributed by atoms with Crippen LogP contribution in [-0.4, -0.2) is 9.91 Å². The van der Waals surface area contributed by atoms with Crippen molar-refractivity contribution in [3.8, 4) is 11.5 Å². The van der Waals surface area contributed by atoms with Crippen molar-refractivity contribution in [1.29, 1.82) is 0 Å². The predicted octanol–water partition coefficient (Wildman–Crippen LogP) is 4.66. The van der Waals surface area contributed by atoms with Crippen molar-refractivity contribution in [2.75, 3.05) is 0 Å². The van der Waals surface area contributed by atoms with Gasteiger partial charge in [-0.2, -0.15) is 4.39 Å². The van der Waals surface area contributed by atoms with Crippen molar-refractivity contribution in [2.45, 2.75) is 6.92 Å². The Kier molecular flexibility index (Phi) is 3.80. The van der Waals surface area contributed by atoms with Gasteiger partial charge in [-0.1, -0.05) is 6.07 Å². The van der Waals surface area contributed by atoms with E-state index < -0.39 is 28.1 Å². The molecule has 0 atom stereocenters. The first kappa shape index (κ1) is 15.7. The SMILES string of the molecule is Cc1nc2c(F)c(F)ccc2cc1Oc1cccc(F)c1[N+](=O)[O-]. The lowest BCUT2D eigenvalue weighted by Crippen LogP contribution is -1.99. The average molecular weight is 334 g/mol. The van der Waals surface area contributed by atoms with Gasteiger partial charge in [0.2, 0.25) is 11.6 Å². The quantitative estimate of drug-likeness (QED) is 0.516. The molecule has 3 aromatic rings. The first-order chi connectivity index (χ1) is 11.4. The number of aromatic nitrogens is 1. The summed E-state index contributed by atoms with van der Waals surface area (Å²) in [5.74, 6) is -3.42. The van der Waals surface area contributed by atoms with Crippen LogP contribution < -0.4 is 4.74 Å². The Morgan fingerprint density at radius 2 is 1.83 bits per heavy atom. The third-order valence-corrected chi connectivity index (χ3v) is 3.38. The number of nitrogens with zero attached hydrogens (tertiary/aromatic N) is 2. The molecule has 24 heavy (non-hydrogen) atoms. The number of ether oxygens (including phenoxy) is 1. The molecule has 0 bridgehead atoms. The van der Waals surface area contributed by atoms with Crippen molar-refractivity contribution >= 4 is 16.6 Å². The molecule has 0 aliphatic heterocycles. The summed E-state index contributed by atoms with van der Waals surface area (Å²) in [5, 5.41) is 11.2. The fourth-order valence-electron chi connectivity index (χ4n) is 2.23. The molecule has 3 rings (SSSR count). The fourth-order valence-corrected chi connectivity index (χ4v) is 2.23. The topological polar surface area (TPSA) is 65.3 Å². The summed E-state index contributed by atoms with van der Waals surface area (Å²) in [6.07, 6.45) is 0. The Balaban J connectivity index is 2.12. The summed E-state index contributed by atoms with van der Waals surface area (Å²) in [6.45, 7) is 1.46.